The van der Waals surface area contributed by atoms with Crippen LogP contribution in [0.4, 0.5) is 4.79 Å². The highest BCUT2D eigenvalue weighted by molar-refractivity contribution is 5.92. The Balaban J connectivity index is 2.56. The summed E-state index contributed by atoms with van der Waals surface area (Å²) in [5.41, 5.74) is 1.71. The molecule has 0 bridgehead atoms. The Kier molecular flexibility index (Phi) is 13.6. The van der Waals surface area contributed by atoms with Gasteiger partial charge in [0.1, 0.15) is 17.7 Å². The summed E-state index contributed by atoms with van der Waals surface area (Å²) in [5, 5.41) is 5.84. The third kappa shape index (κ3) is 11.8. The predicted molar refractivity (Wildman–Crippen MR) is 166 cm³/mol. The summed E-state index contributed by atoms with van der Waals surface area (Å²) < 4.78 is 5.53. The summed E-state index contributed by atoms with van der Waals surface area (Å²) in [6, 6.07) is 15.1. The van der Waals surface area contributed by atoms with E-state index in [-0.39, 0.29) is 24.3 Å². The molecule has 0 radical (unpaired) electrons. The minimum Gasteiger partial charge on any atom is -0.444 e. The van der Waals surface area contributed by atoms with E-state index >= 15 is 0 Å². The van der Waals surface area contributed by atoms with Crippen molar-refractivity contribution in [3.05, 3.63) is 77.9 Å². The van der Waals surface area contributed by atoms with Crippen LogP contribution >= 0.6 is 0 Å². The van der Waals surface area contributed by atoms with Crippen LogP contribution in [0.1, 0.15) is 96.4 Å². The van der Waals surface area contributed by atoms with Crippen LogP contribution in [0.5, 0.6) is 0 Å². The number of alkyl carbamates (subject to hydrolysis) is 1. The van der Waals surface area contributed by atoms with Gasteiger partial charge in [0.15, 0.2) is 0 Å². The van der Waals surface area contributed by atoms with Gasteiger partial charge in [0.2, 0.25) is 11.8 Å². The Hall–Kier alpha value is -3.61. The van der Waals surface area contributed by atoms with Crippen LogP contribution in [0.15, 0.2) is 61.2 Å². The number of ether oxygens (including phenoxy) is 1. The van der Waals surface area contributed by atoms with E-state index in [1.807, 2.05) is 68.4 Å². The zero-order chi connectivity index (χ0) is 30.4. The lowest BCUT2D eigenvalue weighted by molar-refractivity contribution is -0.142. The maximum absolute atomic E-state index is 14.5. The average Bonchev–Trinajstić information content (AvgIpc) is 2.90. The Morgan fingerprint density at radius 3 is 2.24 bits per heavy atom. The molecule has 2 aromatic carbocycles. The average molecular weight is 564 g/mol. The van der Waals surface area contributed by atoms with E-state index in [0.717, 1.165) is 43.2 Å². The number of hydrogen-bond acceptors (Lipinski definition) is 4. The van der Waals surface area contributed by atoms with Crippen molar-refractivity contribution in [2.24, 2.45) is 0 Å². The van der Waals surface area contributed by atoms with Gasteiger partial charge in [-0.3, -0.25) is 9.59 Å². The molecule has 2 N–H and O–H groups in total. The predicted octanol–water partition coefficient (Wildman–Crippen LogP) is 6.83. The number of hydrogen-bond donors (Lipinski definition) is 2. The fourth-order valence-corrected chi connectivity index (χ4v) is 4.64. The third-order valence-electron chi connectivity index (χ3n) is 6.51. The fourth-order valence-electron chi connectivity index (χ4n) is 4.64. The summed E-state index contributed by atoms with van der Waals surface area (Å²) in [5.74, 6) is -0.595. The lowest BCUT2D eigenvalue weighted by Gasteiger charge is -2.35. The Morgan fingerprint density at radius 2 is 1.63 bits per heavy atom. The van der Waals surface area contributed by atoms with Crippen molar-refractivity contribution in [2.45, 2.75) is 104 Å². The van der Waals surface area contributed by atoms with Gasteiger partial charge in [0, 0.05) is 19.0 Å². The normalized spacial score (nSPS) is 12.8. The van der Waals surface area contributed by atoms with Crippen molar-refractivity contribution in [1.82, 2.24) is 15.5 Å². The van der Waals surface area contributed by atoms with Gasteiger partial charge in [-0.05, 0) is 63.8 Å². The zero-order valence-electron chi connectivity index (χ0n) is 25.7. The molecule has 41 heavy (non-hydrogen) atoms. The topological polar surface area (TPSA) is 87.7 Å². The van der Waals surface area contributed by atoms with Gasteiger partial charge in [-0.25, -0.2) is 4.79 Å². The molecular weight excluding hydrogens is 514 g/mol. The van der Waals surface area contributed by atoms with Gasteiger partial charge in [-0.2, -0.15) is 0 Å². The molecule has 0 aromatic heterocycles. The van der Waals surface area contributed by atoms with Crippen molar-refractivity contribution >= 4 is 24.0 Å². The molecule has 0 aliphatic heterocycles. The van der Waals surface area contributed by atoms with Crippen LogP contribution in [-0.2, 0) is 20.7 Å². The summed E-state index contributed by atoms with van der Waals surface area (Å²) in [6.07, 6.45) is 6.26. The number of benzene rings is 2. The molecule has 2 atom stereocenters. The quantitative estimate of drug-likeness (QED) is 0.233. The lowest BCUT2D eigenvalue weighted by Crippen LogP contribution is -2.54. The SMILES string of the molecule is C=Cc1cccc(C(C(=O)NC(C)C)N(CCCCCCC)C(=O)C(Cc2ccccc2)NC(=O)OC(C)(C)C)c1. The van der Waals surface area contributed by atoms with Crippen LogP contribution in [-0.4, -0.2) is 47.0 Å². The summed E-state index contributed by atoms with van der Waals surface area (Å²) >= 11 is 0. The molecule has 2 unspecified atom stereocenters. The van der Waals surface area contributed by atoms with Crippen LogP contribution < -0.4 is 10.6 Å². The molecule has 224 valence electrons. The molecule has 2 rings (SSSR count). The van der Waals surface area contributed by atoms with Crippen molar-refractivity contribution in [1.29, 1.82) is 0 Å². The van der Waals surface area contributed by atoms with Crippen LogP contribution in [0.3, 0.4) is 0 Å². The Labute approximate surface area is 246 Å². The van der Waals surface area contributed by atoms with Crippen molar-refractivity contribution < 1.29 is 19.1 Å². The lowest BCUT2D eigenvalue weighted by atomic mass is 9.98. The molecule has 0 fully saturated rings. The summed E-state index contributed by atoms with van der Waals surface area (Å²) in [7, 11) is 0. The van der Waals surface area contributed by atoms with Crippen LogP contribution in [0, 0.1) is 0 Å². The van der Waals surface area contributed by atoms with E-state index in [1.165, 1.54) is 0 Å². The number of nitrogens with zero attached hydrogens (tertiary/aromatic N) is 1. The molecule has 0 aliphatic carbocycles. The van der Waals surface area contributed by atoms with Gasteiger partial charge < -0.3 is 20.3 Å². The van der Waals surface area contributed by atoms with E-state index in [1.54, 1.807) is 31.7 Å². The largest absolute Gasteiger partial charge is 0.444 e. The smallest absolute Gasteiger partial charge is 0.408 e. The molecule has 0 heterocycles. The van der Waals surface area contributed by atoms with Gasteiger partial charge in [0.05, 0.1) is 0 Å². The summed E-state index contributed by atoms with van der Waals surface area (Å²) in [6.45, 7) is 15.5. The minimum atomic E-state index is -0.931. The van der Waals surface area contributed by atoms with Gasteiger partial charge >= 0.3 is 6.09 Å². The second-order valence-electron chi connectivity index (χ2n) is 11.8. The van der Waals surface area contributed by atoms with E-state index in [0.29, 0.717) is 12.1 Å². The summed E-state index contributed by atoms with van der Waals surface area (Å²) in [4.78, 5) is 42.8. The fraction of sp³-hybridized carbons (Fsp3) is 0.500. The standard InChI is InChI=1S/C34H49N3O4/c1-8-10-11-12-16-22-37(30(31(38)35-25(3)4)28-21-17-20-26(9-2)23-28)32(39)29(24-27-18-14-13-15-19-27)36-33(40)41-34(5,6)7/h9,13-15,17-21,23,25,29-30H,2,8,10-12,16,22,24H2,1,3-7H3,(H,35,38)(H,36,40). The number of nitrogens with one attached hydrogen (secondary N) is 2. The van der Waals surface area contributed by atoms with E-state index in [2.05, 4.69) is 24.1 Å². The first-order chi connectivity index (χ1) is 19.4. The van der Waals surface area contributed by atoms with Crippen molar-refractivity contribution in [2.75, 3.05) is 6.54 Å². The number of carbonyl (C=O) groups is 3. The molecule has 3 amide bonds. The zero-order valence-corrected chi connectivity index (χ0v) is 25.7. The minimum absolute atomic E-state index is 0.117. The highest BCUT2D eigenvalue weighted by Gasteiger charge is 2.36. The van der Waals surface area contributed by atoms with Crippen molar-refractivity contribution in [3.8, 4) is 0 Å². The number of unbranched alkanes of at least 4 members (excludes halogenated alkanes) is 4. The van der Waals surface area contributed by atoms with E-state index in [9.17, 15) is 14.4 Å². The number of amides is 3. The first kappa shape index (κ1) is 33.6. The maximum atomic E-state index is 14.5. The number of carbonyl (C=O) groups excluding carboxylic acids is 3. The molecular formula is C34H49N3O4. The molecule has 2 aromatic rings. The van der Waals surface area contributed by atoms with Crippen LogP contribution in [0.25, 0.3) is 6.08 Å². The molecule has 0 saturated heterocycles. The third-order valence-corrected chi connectivity index (χ3v) is 6.51. The van der Waals surface area contributed by atoms with Gasteiger partial charge in [-0.15, -0.1) is 0 Å². The first-order valence-electron chi connectivity index (χ1n) is 14.8. The number of rotatable bonds is 15. The molecule has 0 spiro atoms. The molecule has 7 nitrogen and oxygen atoms in total. The first-order valence-corrected chi connectivity index (χ1v) is 14.8. The second kappa shape index (κ2) is 16.6. The molecule has 0 saturated carbocycles. The molecule has 0 aliphatic rings. The van der Waals surface area contributed by atoms with E-state index in [4.69, 9.17) is 4.74 Å². The van der Waals surface area contributed by atoms with Crippen molar-refractivity contribution in [3.63, 3.8) is 0 Å². The molecule has 7 heteroatoms. The van der Waals surface area contributed by atoms with Crippen LogP contribution in [0.2, 0.25) is 0 Å². The Bertz CT molecular complexity index is 1120. The monoisotopic (exact) mass is 563 g/mol. The highest BCUT2D eigenvalue weighted by atomic mass is 16.6. The Morgan fingerprint density at radius 1 is 0.951 bits per heavy atom. The maximum Gasteiger partial charge on any atom is 0.408 e. The van der Waals surface area contributed by atoms with Gasteiger partial charge in [0.25, 0.3) is 0 Å². The van der Waals surface area contributed by atoms with Gasteiger partial charge in [-0.1, -0.05) is 93.8 Å². The van der Waals surface area contributed by atoms with E-state index < -0.39 is 23.8 Å². The highest BCUT2D eigenvalue weighted by Crippen LogP contribution is 2.26. The second-order valence-corrected chi connectivity index (χ2v) is 11.8.